The molecule has 0 amide bonds. The molecule has 2 heteroatoms. The molecule has 15 heavy (non-hydrogen) atoms. The van der Waals surface area contributed by atoms with Crippen LogP contribution in [0.25, 0.3) is 0 Å². The van der Waals surface area contributed by atoms with E-state index >= 15 is 0 Å². The van der Waals surface area contributed by atoms with Gasteiger partial charge in [0.05, 0.1) is 0 Å². The van der Waals surface area contributed by atoms with Gasteiger partial charge in [0.15, 0.2) is 0 Å². The number of rotatable bonds is 2. The number of ether oxygens (including phenoxy) is 1. The number of hydrogen-bond donors (Lipinski definition) is 0. The van der Waals surface area contributed by atoms with Crippen LogP contribution in [0.2, 0.25) is 0 Å². The Bertz CT molecular complexity index is 285. The van der Waals surface area contributed by atoms with Crippen LogP contribution in [0, 0.1) is 6.92 Å². The third-order valence-corrected chi connectivity index (χ3v) is 1.57. The van der Waals surface area contributed by atoms with Crippen LogP contribution in [0.4, 0.5) is 0 Å². The van der Waals surface area contributed by atoms with Crippen molar-refractivity contribution < 1.29 is 26.5 Å². The standard InChI is InChI=1S/C8H9O.C5H5.Ti/c1-2-9-8-6-4-3-5-7-8;1-2-4-5-3-1;/h3-7H,1-2H2;1-5H;/q2*-1;+2. The van der Waals surface area contributed by atoms with Crippen molar-refractivity contribution in [1.29, 1.82) is 0 Å². The van der Waals surface area contributed by atoms with Crippen LogP contribution >= 0.6 is 0 Å². The number of para-hydroxylation sites is 1. The second kappa shape index (κ2) is 9.63. The molecule has 0 atom stereocenters. The molecule has 2 aromatic rings. The maximum absolute atomic E-state index is 5.09. The monoisotopic (exact) mass is 234 g/mol. The fourth-order valence-corrected chi connectivity index (χ4v) is 0.955. The van der Waals surface area contributed by atoms with Gasteiger partial charge >= 0.3 is 21.7 Å². The first-order valence-corrected chi connectivity index (χ1v) is 4.57. The van der Waals surface area contributed by atoms with E-state index in [-0.39, 0.29) is 21.7 Å². The van der Waals surface area contributed by atoms with Crippen molar-refractivity contribution in [2.75, 3.05) is 6.61 Å². The summed E-state index contributed by atoms with van der Waals surface area (Å²) in [5.74, 6) is 0.882. The van der Waals surface area contributed by atoms with E-state index in [2.05, 4.69) is 6.92 Å². The fourth-order valence-electron chi connectivity index (χ4n) is 0.955. The zero-order valence-corrected chi connectivity index (χ0v) is 10.2. The van der Waals surface area contributed by atoms with Crippen LogP contribution in [-0.4, -0.2) is 6.61 Å². The summed E-state index contributed by atoms with van der Waals surface area (Å²) in [6, 6.07) is 19.6. The van der Waals surface area contributed by atoms with Crippen LogP contribution in [0.15, 0.2) is 60.7 Å². The smallest absolute Gasteiger partial charge is 0.525 e. The Morgan fingerprint density at radius 1 is 1.00 bits per heavy atom. The zero-order valence-electron chi connectivity index (χ0n) is 8.60. The summed E-state index contributed by atoms with van der Waals surface area (Å²) in [5, 5.41) is 0. The van der Waals surface area contributed by atoms with E-state index in [4.69, 9.17) is 4.74 Å². The van der Waals surface area contributed by atoms with E-state index in [0.717, 1.165) is 5.75 Å². The zero-order chi connectivity index (χ0) is 10.1. The van der Waals surface area contributed by atoms with Crippen molar-refractivity contribution in [3.63, 3.8) is 0 Å². The minimum absolute atomic E-state index is 0. The first-order chi connectivity index (χ1) is 6.93. The fraction of sp³-hybridized carbons (Fsp3) is 0.0769. The maximum Gasteiger partial charge on any atom is 2.00 e. The van der Waals surface area contributed by atoms with Crippen molar-refractivity contribution in [1.82, 2.24) is 0 Å². The van der Waals surface area contributed by atoms with E-state index in [0.29, 0.717) is 6.61 Å². The minimum atomic E-state index is 0. The van der Waals surface area contributed by atoms with Crippen molar-refractivity contribution in [3.05, 3.63) is 67.6 Å². The van der Waals surface area contributed by atoms with Gasteiger partial charge in [-0.1, -0.05) is 18.2 Å². The second-order valence-electron chi connectivity index (χ2n) is 2.62. The van der Waals surface area contributed by atoms with E-state index < -0.39 is 0 Å². The predicted octanol–water partition coefficient (Wildman–Crippen LogP) is 3.30. The summed E-state index contributed by atoms with van der Waals surface area (Å²) < 4.78 is 5.09. The molecule has 0 N–H and O–H groups in total. The van der Waals surface area contributed by atoms with Crippen molar-refractivity contribution in [2.24, 2.45) is 0 Å². The van der Waals surface area contributed by atoms with Crippen LogP contribution in [0.3, 0.4) is 0 Å². The Hall–Kier alpha value is -0.916. The Balaban J connectivity index is 0.000000280. The SMILES string of the molecule is [CH2-]COc1ccccc1.[Ti+2].c1cc[cH-]c1. The molecule has 2 rings (SSSR count). The van der Waals surface area contributed by atoms with Gasteiger partial charge in [-0.15, -0.1) is 0 Å². The maximum atomic E-state index is 5.09. The average molecular weight is 234 g/mol. The van der Waals surface area contributed by atoms with Gasteiger partial charge in [0.2, 0.25) is 0 Å². The van der Waals surface area contributed by atoms with Crippen molar-refractivity contribution >= 4 is 0 Å². The Labute approximate surface area is 106 Å². The Kier molecular flexibility index (Phi) is 9.04. The van der Waals surface area contributed by atoms with Crippen molar-refractivity contribution in [3.8, 4) is 5.75 Å². The molecule has 0 spiro atoms. The molecule has 2 aromatic carbocycles. The van der Waals surface area contributed by atoms with Gasteiger partial charge in [-0.25, -0.2) is 12.1 Å². The summed E-state index contributed by atoms with van der Waals surface area (Å²) in [7, 11) is 0. The van der Waals surface area contributed by atoms with E-state index in [1.165, 1.54) is 0 Å². The average Bonchev–Trinajstić information content (AvgIpc) is 2.78. The molecule has 0 aliphatic heterocycles. The third-order valence-electron chi connectivity index (χ3n) is 1.57. The third kappa shape index (κ3) is 7.07. The molecule has 0 radical (unpaired) electrons. The van der Waals surface area contributed by atoms with Gasteiger partial charge in [0.25, 0.3) is 0 Å². The van der Waals surface area contributed by atoms with E-state index in [1.54, 1.807) is 0 Å². The number of benzene rings is 1. The molecule has 0 saturated carbocycles. The van der Waals surface area contributed by atoms with Crippen LogP contribution in [0.1, 0.15) is 0 Å². The summed E-state index contributed by atoms with van der Waals surface area (Å²) in [6.45, 7) is 4.05. The minimum Gasteiger partial charge on any atom is -0.525 e. The molecule has 0 heterocycles. The summed E-state index contributed by atoms with van der Waals surface area (Å²) in [5.41, 5.74) is 0. The van der Waals surface area contributed by atoms with Gasteiger partial charge in [-0.05, 0) is 18.7 Å². The molecule has 0 unspecified atom stereocenters. The van der Waals surface area contributed by atoms with E-state index in [1.807, 2.05) is 60.7 Å². The molecule has 0 aliphatic carbocycles. The van der Waals surface area contributed by atoms with Crippen LogP contribution < -0.4 is 4.74 Å². The van der Waals surface area contributed by atoms with Gasteiger partial charge < -0.3 is 11.7 Å². The van der Waals surface area contributed by atoms with Crippen LogP contribution in [0.5, 0.6) is 5.75 Å². The van der Waals surface area contributed by atoms with Gasteiger partial charge in [0.1, 0.15) is 5.75 Å². The quantitative estimate of drug-likeness (QED) is 0.572. The molecule has 0 fully saturated rings. The summed E-state index contributed by atoms with van der Waals surface area (Å²) >= 11 is 0. The molecule has 0 bridgehead atoms. The second-order valence-corrected chi connectivity index (χ2v) is 2.62. The molecule has 76 valence electrons. The molecule has 0 aliphatic rings. The Morgan fingerprint density at radius 2 is 1.60 bits per heavy atom. The van der Waals surface area contributed by atoms with Gasteiger partial charge in [-0.2, -0.15) is 18.2 Å². The van der Waals surface area contributed by atoms with Gasteiger partial charge in [0, 0.05) is 0 Å². The Morgan fingerprint density at radius 3 is 2.00 bits per heavy atom. The van der Waals surface area contributed by atoms with Crippen LogP contribution in [-0.2, 0) is 21.7 Å². The number of hydrogen-bond acceptors (Lipinski definition) is 1. The topological polar surface area (TPSA) is 9.23 Å². The molecule has 0 saturated heterocycles. The first kappa shape index (κ1) is 14.1. The molecular weight excluding hydrogens is 220 g/mol. The largest absolute Gasteiger partial charge is 2.00 e. The molecule has 1 nitrogen and oxygen atoms in total. The van der Waals surface area contributed by atoms with E-state index in [9.17, 15) is 0 Å². The summed E-state index contributed by atoms with van der Waals surface area (Å²) in [6.07, 6.45) is 0. The molecular formula is C13H14OTi. The summed E-state index contributed by atoms with van der Waals surface area (Å²) in [4.78, 5) is 0. The predicted molar refractivity (Wildman–Crippen MR) is 59.3 cm³/mol. The first-order valence-electron chi connectivity index (χ1n) is 4.57. The van der Waals surface area contributed by atoms with Gasteiger partial charge in [-0.3, -0.25) is 0 Å². The normalized spacial score (nSPS) is 8.07. The van der Waals surface area contributed by atoms with Crippen molar-refractivity contribution in [2.45, 2.75) is 0 Å². The molecule has 0 aromatic heterocycles.